The van der Waals surface area contributed by atoms with Crippen molar-refractivity contribution in [2.45, 2.75) is 37.5 Å². The maximum absolute atomic E-state index is 5.97. The first-order chi connectivity index (χ1) is 8.81. The van der Waals surface area contributed by atoms with Crippen LogP contribution in [0.25, 0.3) is 0 Å². The molecule has 2 heterocycles. The van der Waals surface area contributed by atoms with Gasteiger partial charge in [-0.2, -0.15) is 0 Å². The zero-order valence-corrected chi connectivity index (χ0v) is 11.1. The maximum atomic E-state index is 5.97. The van der Waals surface area contributed by atoms with Gasteiger partial charge in [-0.3, -0.25) is 0 Å². The Kier molecular flexibility index (Phi) is 3.27. The molecule has 3 nitrogen and oxygen atoms in total. The number of methoxy groups -OCH3 is 1. The molecule has 0 saturated carbocycles. The first kappa shape index (κ1) is 12.0. The third-order valence-corrected chi connectivity index (χ3v) is 4.35. The van der Waals surface area contributed by atoms with Crippen LogP contribution >= 0.6 is 0 Å². The van der Waals surface area contributed by atoms with Gasteiger partial charge in [0, 0.05) is 12.0 Å². The molecule has 3 rings (SSSR count). The highest BCUT2D eigenvalue weighted by molar-refractivity contribution is 5.31. The van der Waals surface area contributed by atoms with E-state index < -0.39 is 0 Å². The van der Waals surface area contributed by atoms with Crippen molar-refractivity contribution in [2.24, 2.45) is 5.92 Å². The Balaban J connectivity index is 1.83. The van der Waals surface area contributed by atoms with Gasteiger partial charge in [0.15, 0.2) is 0 Å². The van der Waals surface area contributed by atoms with Gasteiger partial charge in [-0.25, -0.2) is 0 Å². The fourth-order valence-electron chi connectivity index (χ4n) is 3.49. The lowest BCUT2D eigenvalue weighted by atomic mass is 9.81. The van der Waals surface area contributed by atoms with E-state index in [4.69, 9.17) is 9.47 Å². The third-order valence-electron chi connectivity index (χ3n) is 4.35. The molecule has 2 aliphatic rings. The summed E-state index contributed by atoms with van der Waals surface area (Å²) in [5.74, 6) is 1.53. The van der Waals surface area contributed by atoms with E-state index in [9.17, 15) is 0 Å². The van der Waals surface area contributed by atoms with E-state index >= 15 is 0 Å². The standard InChI is InChI=1S/C15H21NO2/c1-16-15(10-4-3-5-11(8-10)17-2)13-9-12-6-7-14(13)18-12/h3-5,8,12-16H,6-7,9H2,1-2H3. The van der Waals surface area contributed by atoms with Crippen molar-refractivity contribution in [3.05, 3.63) is 29.8 Å². The van der Waals surface area contributed by atoms with Gasteiger partial charge >= 0.3 is 0 Å². The van der Waals surface area contributed by atoms with Crippen molar-refractivity contribution in [3.63, 3.8) is 0 Å². The van der Waals surface area contributed by atoms with E-state index in [2.05, 4.69) is 23.5 Å². The van der Waals surface area contributed by atoms with Crippen LogP contribution in [0.4, 0.5) is 0 Å². The summed E-state index contributed by atoms with van der Waals surface area (Å²) >= 11 is 0. The molecule has 0 aromatic heterocycles. The van der Waals surface area contributed by atoms with Gasteiger partial charge in [0.25, 0.3) is 0 Å². The van der Waals surface area contributed by atoms with Crippen molar-refractivity contribution in [2.75, 3.05) is 14.2 Å². The molecule has 1 aromatic rings. The topological polar surface area (TPSA) is 30.5 Å². The van der Waals surface area contributed by atoms with E-state index in [0.717, 1.165) is 5.75 Å². The van der Waals surface area contributed by atoms with Crippen molar-refractivity contribution >= 4 is 0 Å². The number of rotatable bonds is 4. The van der Waals surface area contributed by atoms with Crippen LogP contribution in [0.1, 0.15) is 30.9 Å². The second kappa shape index (κ2) is 4.90. The first-order valence-corrected chi connectivity index (χ1v) is 6.78. The number of ether oxygens (including phenoxy) is 2. The fraction of sp³-hybridized carbons (Fsp3) is 0.600. The lowest BCUT2D eigenvalue weighted by Crippen LogP contribution is -2.31. The minimum absolute atomic E-state index is 0.371. The van der Waals surface area contributed by atoms with Crippen molar-refractivity contribution in [1.29, 1.82) is 0 Å². The summed E-state index contributed by atoms with van der Waals surface area (Å²) in [6, 6.07) is 8.73. The van der Waals surface area contributed by atoms with Gasteiger partial charge in [-0.05, 0) is 44.0 Å². The predicted molar refractivity (Wildman–Crippen MR) is 70.8 cm³/mol. The molecule has 0 radical (unpaired) electrons. The average Bonchev–Trinajstić information content (AvgIpc) is 3.02. The lowest BCUT2D eigenvalue weighted by molar-refractivity contribution is 0.0863. The van der Waals surface area contributed by atoms with Gasteiger partial charge < -0.3 is 14.8 Å². The third kappa shape index (κ3) is 2.02. The number of hydrogen-bond acceptors (Lipinski definition) is 3. The molecule has 2 saturated heterocycles. The van der Waals surface area contributed by atoms with E-state index in [1.54, 1.807) is 7.11 Å². The molecule has 4 atom stereocenters. The molecule has 2 aliphatic heterocycles. The molecule has 0 amide bonds. The summed E-state index contributed by atoms with van der Waals surface area (Å²) in [5.41, 5.74) is 1.30. The quantitative estimate of drug-likeness (QED) is 0.887. The summed E-state index contributed by atoms with van der Waals surface area (Å²) in [7, 11) is 3.75. The highest BCUT2D eigenvalue weighted by Gasteiger charge is 2.44. The second-order valence-electron chi connectivity index (χ2n) is 5.32. The van der Waals surface area contributed by atoms with Gasteiger partial charge in [-0.15, -0.1) is 0 Å². The van der Waals surface area contributed by atoms with E-state index in [1.807, 2.05) is 13.1 Å². The second-order valence-corrected chi connectivity index (χ2v) is 5.32. The normalized spacial score (nSPS) is 31.6. The molecule has 1 N–H and O–H groups in total. The van der Waals surface area contributed by atoms with Gasteiger partial charge in [0.2, 0.25) is 0 Å². The van der Waals surface area contributed by atoms with Crippen LogP contribution in [0, 0.1) is 5.92 Å². The zero-order chi connectivity index (χ0) is 12.5. The zero-order valence-electron chi connectivity index (χ0n) is 11.1. The number of fused-ring (bicyclic) bond motifs is 2. The van der Waals surface area contributed by atoms with Crippen LogP contribution in [0.5, 0.6) is 5.75 Å². The number of hydrogen-bond donors (Lipinski definition) is 1. The smallest absolute Gasteiger partial charge is 0.119 e. The highest BCUT2D eigenvalue weighted by atomic mass is 16.5. The van der Waals surface area contributed by atoms with Crippen molar-refractivity contribution < 1.29 is 9.47 Å². The summed E-state index contributed by atoms with van der Waals surface area (Å²) < 4.78 is 11.3. The predicted octanol–water partition coefficient (Wildman–Crippen LogP) is 2.52. The van der Waals surface area contributed by atoms with Gasteiger partial charge in [0.05, 0.1) is 19.3 Å². The molecule has 2 bridgehead atoms. The fourth-order valence-corrected chi connectivity index (χ4v) is 3.49. The number of nitrogens with one attached hydrogen (secondary N) is 1. The Hall–Kier alpha value is -1.06. The van der Waals surface area contributed by atoms with Crippen LogP contribution in [0.3, 0.4) is 0 Å². The number of benzene rings is 1. The van der Waals surface area contributed by atoms with Crippen LogP contribution in [0.15, 0.2) is 24.3 Å². The molecule has 3 heteroatoms. The monoisotopic (exact) mass is 247 g/mol. The highest BCUT2D eigenvalue weighted by Crippen LogP contribution is 2.44. The van der Waals surface area contributed by atoms with Crippen LogP contribution in [-0.4, -0.2) is 26.4 Å². The van der Waals surface area contributed by atoms with E-state index in [0.29, 0.717) is 24.2 Å². The Labute approximate surface area is 108 Å². The Morgan fingerprint density at radius 3 is 2.89 bits per heavy atom. The van der Waals surface area contributed by atoms with Crippen LogP contribution in [0.2, 0.25) is 0 Å². The molecule has 1 aromatic carbocycles. The molecule has 4 unspecified atom stereocenters. The van der Waals surface area contributed by atoms with E-state index in [-0.39, 0.29) is 0 Å². The first-order valence-electron chi connectivity index (χ1n) is 6.78. The van der Waals surface area contributed by atoms with E-state index in [1.165, 1.54) is 24.8 Å². The molecule has 98 valence electrons. The van der Waals surface area contributed by atoms with Gasteiger partial charge in [-0.1, -0.05) is 12.1 Å². The summed E-state index contributed by atoms with van der Waals surface area (Å²) in [5, 5.41) is 3.46. The Morgan fingerprint density at radius 1 is 1.39 bits per heavy atom. The summed E-state index contributed by atoms with van der Waals surface area (Å²) in [4.78, 5) is 0. The summed E-state index contributed by atoms with van der Waals surface area (Å²) in [6.07, 6.45) is 4.60. The minimum atomic E-state index is 0.371. The van der Waals surface area contributed by atoms with Crippen LogP contribution in [-0.2, 0) is 4.74 Å². The average molecular weight is 247 g/mol. The summed E-state index contributed by atoms with van der Waals surface area (Å²) in [6.45, 7) is 0. The molecular weight excluding hydrogens is 226 g/mol. The molecular formula is C15H21NO2. The Bertz CT molecular complexity index is 421. The van der Waals surface area contributed by atoms with Gasteiger partial charge in [0.1, 0.15) is 5.75 Å². The van der Waals surface area contributed by atoms with Crippen molar-refractivity contribution in [1.82, 2.24) is 5.32 Å². The lowest BCUT2D eigenvalue weighted by Gasteiger charge is -2.28. The molecule has 0 aliphatic carbocycles. The Morgan fingerprint density at radius 2 is 2.28 bits per heavy atom. The van der Waals surface area contributed by atoms with Crippen LogP contribution < -0.4 is 10.1 Å². The molecule has 18 heavy (non-hydrogen) atoms. The minimum Gasteiger partial charge on any atom is -0.497 e. The molecule has 2 fully saturated rings. The molecule has 0 spiro atoms. The largest absolute Gasteiger partial charge is 0.497 e. The van der Waals surface area contributed by atoms with Crippen molar-refractivity contribution in [3.8, 4) is 5.75 Å². The maximum Gasteiger partial charge on any atom is 0.119 e. The SMILES string of the molecule is CNC(c1cccc(OC)c1)C1CC2CCC1O2.